The fourth-order valence-corrected chi connectivity index (χ4v) is 4.76. The van der Waals surface area contributed by atoms with E-state index < -0.39 is 21.9 Å². The molecule has 1 aliphatic heterocycles. The lowest BCUT2D eigenvalue weighted by atomic mass is 10.1. The van der Waals surface area contributed by atoms with Crippen molar-refractivity contribution in [1.82, 2.24) is 8.61 Å². The highest BCUT2D eigenvalue weighted by atomic mass is 32.2. The lowest BCUT2D eigenvalue weighted by molar-refractivity contribution is -0.116. The van der Waals surface area contributed by atoms with Crippen LogP contribution in [-0.2, 0) is 21.5 Å². The van der Waals surface area contributed by atoms with E-state index in [0.29, 0.717) is 17.7 Å². The Kier molecular flexibility index (Phi) is 6.41. The van der Waals surface area contributed by atoms with Gasteiger partial charge in [-0.2, -0.15) is 17.0 Å². The van der Waals surface area contributed by atoms with Gasteiger partial charge in [-0.3, -0.25) is 9.59 Å². The molecule has 1 N–H and O–H groups in total. The van der Waals surface area contributed by atoms with Gasteiger partial charge in [-0.25, -0.2) is 4.39 Å². The lowest BCUT2D eigenvalue weighted by Crippen LogP contribution is -2.51. The molecule has 2 aromatic rings. The number of halogens is 1. The average Bonchev–Trinajstić information content (AvgIpc) is 2.67. The number of anilines is 1. The SMILES string of the molecule is CC(=O)c1cccc(NC(=O)CN2CCCN(Cc3ccccc3F)S2(=O)=O)c1. The van der Waals surface area contributed by atoms with Crippen LogP contribution in [0.3, 0.4) is 0 Å². The maximum absolute atomic E-state index is 13.9. The van der Waals surface area contributed by atoms with E-state index in [4.69, 9.17) is 0 Å². The second-order valence-electron chi connectivity index (χ2n) is 6.81. The summed E-state index contributed by atoms with van der Waals surface area (Å²) in [6.07, 6.45) is 0.529. The summed E-state index contributed by atoms with van der Waals surface area (Å²) < 4.78 is 41.9. The molecule has 29 heavy (non-hydrogen) atoms. The molecule has 1 aliphatic rings. The summed E-state index contributed by atoms with van der Waals surface area (Å²) in [5.74, 6) is -1.12. The van der Waals surface area contributed by atoms with E-state index in [0.717, 1.165) is 4.31 Å². The molecule has 1 fully saturated rings. The van der Waals surface area contributed by atoms with Gasteiger partial charge < -0.3 is 5.32 Å². The van der Waals surface area contributed by atoms with Crippen molar-refractivity contribution in [2.75, 3.05) is 25.0 Å². The van der Waals surface area contributed by atoms with Gasteiger partial charge in [-0.1, -0.05) is 30.3 Å². The third kappa shape index (κ3) is 5.06. The molecule has 3 rings (SSSR count). The van der Waals surface area contributed by atoms with Gasteiger partial charge in [0, 0.05) is 36.4 Å². The first-order valence-electron chi connectivity index (χ1n) is 9.17. The van der Waals surface area contributed by atoms with Crippen molar-refractivity contribution in [2.24, 2.45) is 0 Å². The minimum atomic E-state index is -3.90. The molecule has 0 atom stereocenters. The van der Waals surface area contributed by atoms with E-state index in [1.54, 1.807) is 36.4 Å². The third-order valence-electron chi connectivity index (χ3n) is 4.64. The van der Waals surface area contributed by atoms with Crippen LogP contribution in [0.1, 0.15) is 29.3 Å². The maximum Gasteiger partial charge on any atom is 0.282 e. The Morgan fingerprint density at radius 1 is 1.07 bits per heavy atom. The third-order valence-corrected chi connectivity index (χ3v) is 6.57. The molecule has 2 aromatic carbocycles. The van der Waals surface area contributed by atoms with Crippen molar-refractivity contribution < 1.29 is 22.4 Å². The molecular weight excluding hydrogens is 397 g/mol. The summed E-state index contributed by atoms with van der Waals surface area (Å²) in [4.78, 5) is 23.9. The van der Waals surface area contributed by atoms with Crippen molar-refractivity contribution in [3.05, 3.63) is 65.5 Å². The molecule has 0 unspecified atom stereocenters. The molecule has 0 bridgehead atoms. The van der Waals surface area contributed by atoms with Crippen LogP contribution in [0.5, 0.6) is 0 Å². The molecule has 0 aromatic heterocycles. The summed E-state index contributed by atoms with van der Waals surface area (Å²) in [5.41, 5.74) is 1.15. The number of carbonyl (C=O) groups is 2. The summed E-state index contributed by atoms with van der Waals surface area (Å²) in [6.45, 7) is 1.44. The number of amides is 1. The highest BCUT2D eigenvalue weighted by Gasteiger charge is 2.35. The number of benzene rings is 2. The Bertz CT molecular complexity index is 1030. The molecule has 1 amide bonds. The number of ketones is 1. The van der Waals surface area contributed by atoms with E-state index in [-0.39, 0.29) is 37.5 Å². The van der Waals surface area contributed by atoms with Gasteiger partial charge in [0.05, 0.1) is 6.54 Å². The van der Waals surface area contributed by atoms with Gasteiger partial charge in [0.25, 0.3) is 10.2 Å². The predicted molar refractivity (Wildman–Crippen MR) is 107 cm³/mol. The number of nitrogens with one attached hydrogen (secondary N) is 1. The zero-order valence-electron chi connectivity index (χ0n) is 16.0. The van der Waals surface area contributed by atoms with Crippen LogP contribution in [0.2, 0.25) is 0 Å². The van der Waals surface area contributed by atoms with Crippen molar-refractivity contribution in [2.45, 2.75) is 19.9 Å². The first kappa shape index (κ1) is 21.1. The largest absolute Gasteiger partial charge is 0.325 e. The molecule has 0 aliphatic carbocycles. The van der Waals surface area contributed by atoms with Crippen molar-refractivity contribution >= 4 is 27.6 Å². The lowest BCUT2D eigenvalue weighted by Gasteiger charge is -2.34. The van der Waals surface area contributed by atoms with E-state index in [1.165, 1.54) is 23.4 Å². The van der Waals surface area contributed by atoms with Gasteiger partial charge in [0.1, 0.15) is 5.82 Å². The highest BCUT2D eigenvalue weighted by molar-refractivity contribution is 7.86. The number of hydrogen-bond acceptors (Lipinski definition) is 4. The Morgan fingerprint density at radius 2 is 1.79 bits per heavy atom. The van der Waals surface area contributed by atoms with Crippen molar-refractivity contribution in [1.29, 1.82) is 0 Å². The van der Waals surface area contributed by atoms with Crippen LogP contribution in [0.15, 0.2) is 48.5 Å². The van der Waals surface area contributed by atoms with Crippen LogP contribution < -0.4 is 5.32 Å². The van der Waals surface area contributed by atoms with Crippen LogP contribution in [0, 0.1) is 5.82 Å². The van der Waals surface area contributed by atoms with Crippen LogP contribution in [0.4, 0.5) is 10.1 Å². The molecule has 7 nitrogen and oxygen atoms in total. The fraction of sp³-hybridized carbons (Fsp3) is 0.300. The van der Waals surface area contributed by atoms with E-state index in [1.807, 2.05) is 0 Å². The quantitative estimate of drug-likeness (QED) is 0.729. The molecule has 0 radical (unpaired) electrons. The zero-order chi connectivity index (χ0) is 21.0. The summed E-state index contributed by atoms with van der Waals surface area (Å²) in [7, 11) is -3.90. The van der Waals surface area contributed by atoms with Gasteiger partial charge in [-0.05, 0) is 31.5 Å². The Morgan fingerprint density at radius 3 is 2.52 bits per heavy atom. The highest BCUT2D eigenvalue weighted by Crippen LogP contribution is 2.21. The number of rotatable bonds is 6. The molecule has 0 saturated carbocycles. The van der Waals surface area contributed by atoms with Crippen molar-refractivity contribution in [3.8, 4) is 0 Å². The summed E-state index contributed by atoms with van der Waals surface area (Å²) in [5, 5.41) is 2.62. The second-order valence-corrected chi connectivity index (χ2v) is 8.73. The predicted octanol–water partition coefficient (Wildman–Crippen LogP) is 2.42. The topological polar surface area (TPSA) is 86.8 Å². The molecular formula is C20H22FN3O4S. The molecule has 1 saturated heterocycles. The molecule has 9 heteroatoms. The van der Waals surface area contributed by atoms with Crippen LogP contribution >= 0.6 is 0 Å². The number of nitrogens with zero attached hydrogens (tertiary/aromatic N) is 2. The van der Waals surface area contributed by atoms with Gasteiger partial charge in [0.2, 0.25) is 5.91 Å². The first-order valence-corrected chi connectivity index (χ1v) is 10.6. The average molecular weight is 419 g/mol. The molecule has 0 spiro atoms. The summed E-state index contributed by atoms with van der Waals surface area (Å²) in [6, 6.07) is 12.4. The Labute approximate surface area is 169 Å². The smallest absolute Gasteiger partial charge is 0.282 e. The van der Waals surface area contributed by atoms with Gasteiger partial charge in [-0.15, -0.1) is 0 Å². The minimum absolute atomic E-state index is 0.0895. The van der Waals surface area contributed by atoms with E-state index in [9.17, 15) is 22.4 Å². The Hall–Kier alpha value is -2.62. The number of Topliss-reactive ketones (excluding diaryl/α,β-unsaturated/α-hetero) is 1. The van der Waals surface area contributed by atoms with Crippen LogP contribution in [0.25, 0.3) is 0 Å². The van der Waals surface area contributed by atoms with E-state index in [2.05, 4.69) is 5.32 Å². The minimum Gasteiger partial charge on any atom is -0.325 e. The number of hydrogen-bond donors (Lipinski definition) is 1. The summed E-state index contributed by atoms with van der Waals surface area (Å²) >= 11 is 0. The number of carbonyl (C=O) groups excluding carboxylic acids is 2. The zero-order valence-corrected chi connectivity index (χ0v) is 16.8. The fourth-order valence-electron chi connectivity index (χ4n) is 3.13. The van der Waals surface area contributed by atoms with Crippen molar-refractivity contribution in [3.63, 3.8) is 0 Å². The second kappa shape index (κ2) is 8.81. The maximum atomic E-state index is 13.9. The van der Waals surface area contributed by atoms with Gasteiger partial charge >= 0.3 is 0 Å². The monoisotopic (exact) mass is 419 g/mol. The molecule has 154 valence electrons. The first-order chi connectivity index (χ1) is 13.8. The van der Waals surface area contributed by atoms with Gasteiger partial charge in [0.15, 0.2) is 5.78 Å². The Balaban J connectivity index is 1.68. The normalized spacial score (nSPS) is 17.0. The van der Waals surface area contributed by atoms with E-state index >= 15 is 0 Å². The molecule has 1 heterocycles. The van der Waals surface area contributed by atoms with Crippen LogP contribution in [-0.4, -0.2) is 48.4 Å². The standard InChI is InChI=1S/C20H22FN3O4S/c1-15(25)16-7-4-8-18(12-16)22-20(26)14-24-11-5-10-23(29(24,27)28)13-17-6-2-3-9-19(17)21/h2-4,6-9,12H,5,10-11,13-14H2,1H3,(H,22,26).